The van der Waals surface area contributed by atoms with Crippen LogP contribution in [-0.2, 0) is 14.6 Å². The van der Waals surface area contributed by atoms with Crippen molar-refractivity contribution in [2.45, 2.75) is 10.4 Å². The third-order valence-electron chi connectivity index (χ3n) is 3.59. The molecule has 0 unspecified atom stereocenters. The normalized spacial score (nSPS) is 12.0. The smallest absolute Gasteiger partial charge is 0.495 e. The summed E-state index contributed by atoms with van der Waals surface area (Å²) in [4.78, 5) is 21.3. The van der Waals surface area contributed by atoms with Crippen LogP contribution < -0.4 is 10.1 Å². The molecular weight excluding hydrogens is 417 g/mol. The van der Waals surface area contributed by atoms with Crippen molar-refractivity contribution in [2.75, 3.05) is 12.4 Å². The van der Waals surface area contributed by atoms with Crippen LogP contribution in [0.15, 0.2) is 53.4 Å². The second kappa shape index (κ2) is 8.31. The number of benzene rings is 2. The van der Waals surface area contributed by atoms with Gasteiger partial charge >= 0.3 is 5.51 Å². The number of halogens is 3. The molecular formula is C17H13F3N2O6S. The average molecular weight is 430 g/mol. The SMILES string of the molecule is COc1ccc(S(=O)(=O)C(F)(F)F)cc1NC(=O)/C=C/c1ccccc1[N+](=O)[O-]. The minimum atomic E-state index is -5.63. The Kier molecular flexibility index (Phi) is 6.27. The number of nitro groups is 1. The van der Waals surface area contributed by atoms with Gasteiger partial charge in [0, 0.05) is 12.1 Å². The van der Waals surface area contributed by atoms with Crippen LogP contribution in [0.1, 0.15) is 5.56 Å². The summed E-state index contributed by atoms with van der Waals surface area (Å²) >= 11 is 0. The average Bonchev–Trinajstić information content (AvgIpc) is 2.65. The molecule has 154 valence electrons. The standard InChI is InChI=1S/C17H13F3N2O6S/c1-28-15-8-7-12(29(26,27)17(18,19)20)10-13(15)21-16(23)9-6-11-4-2-3-5-14(11)22(24)25/h2-10H,1H3,(H,21,23)/b9-6+. The fourth-order valence-electron chi connectivity index (χ4n) is 2.22. The zero-order valence-corrected chi connectivity index (χ0v) is 15.5. The highest BCUT2D eigenvalue weighted by Crippen LogP contribution is 2.34. The summed E-state index contributed by atoms with van der Waals surface area (Å²) in [7, 11) is -4.46. The number of sulfone groups is 1. The maximum absolute atomic E-state index is 12.7. The molecule has 2 aromatic rings. The van der Waals surface area contributed by atoms with E-state index in [0.717, 1.165) is 18.2 Å². The zero-order valence-electron chi connectivity index (χ0n) is 14.6. The topological polar surface area (TPSA) is 116 Å². The minimum absolute atomic E-state index is 0.0847. The van der Waals surface area contributed by atoms with Crippen LogP contribution in [0, 0.1) is 10.1 Å². The number of carbonyl (C=O) groups excluding carboxylic acids is 1. The molecule has 12 heteroatoms. The minimum Gasteiger partial charge on any atom is -0.495 e. The number of ether oxygens (including phenoxy) is 1. The van der Waals surface area contributed by atoms with E-state index < -0.39 is 31.1 Å². The molecule has 0 aliphatic rings. The summed E-state index contributed by atoms with van der Waals surface area (Å²) in [6, 6.07) is 7.83. The number of hydrogen-bond donors (Lipinski definition) is 1. The highest BCUT2D eigenvalue weighted by Gasteiger charge is 2.47. The number of nitrogens with one attached hydrogen (secondary N) is 1. The Hall–Kier alpha value is -3.41. The number of carbonyl (C=O) groups is 1. The van der Waals surface area contributed by atoms with Gasteiger partial charge in [-0.3, -0.25) is 14.9 Å². The number of rotatable bonds is 6. The van der Waals surface area contributed by atoms with Crippen molar-refractivity contribution in [2.24, 2.45) is 0 Å². The van der Waals surface area contributed by atoms with E-state index in [1.807, 2.05) is 0 Å². The lowest BCUT2D eigenvalue weighted by molar-refractivity contribution is -0.385. The van der Waals surface area contributed by atoms with Crippen molar-refractivity contribution < 1.29 is 36.0 Å². The molecule has 1 amide bonds. The van der Waals surface area contributed by atoms with Gasteiger partial charge in [-0.15, -0.1) is 0 Å². The fourth-order valence-corrected chi connectivity index (χ4v) is 3.01. The Morgan fingerprint density at radius 1 is 1.21 bits per heavy atom. The number of amides is 1. The fraction of sp³-hybridized carbons (Fsp3) is 0.118. The summed E-state index contributed by atoms with van der Waals surface area (Å²) in [5.74, 6) is -0.957. The van der Waals surface area contributed by atoms with Gasteiger partial charge in [-0.05, 0) is 30.3 Å². The van der Waals surface area contributed by atoms with Gasteiger partial charge in [0.15, 0.2) is 0 Å². The van der Waals surface area contributed by atoms with Gasteiger partial charge < -0.3 is 10.1 Å². The largest absolute Gasteiger partial charge is 0.501 e. The van der Waals surface area contributed by atoms with Crippen LogP contribution in [0.4, 0.5) is 24.5 Å². The first-order valence-corrected chi connectivity index (χ1v) is 9.17. The zero-order chi connectivity index (χ0) is 21.8. The highest BCUT2D eigenvalue weighted by molar-refractivity contribution is 7.92. The van der Waals surface area contributed by atoms with Crippen LogP contribution in [0.25, 0.3) is 6.08 Å². The van der Waals surface area contributed by atoms with Gasteiger partial charge in [-0.2, -0.15) is 13.2 Å². The van der Waals surface area contributed by atoms with E-state index >= 15 is 0 Å². The van der Waals surface area contributed by atoms with Gasteiger partial charge in [-0.1, -0.05) is 12.1 Å². The lowest BCUT2D eigenvalue weighted by Crippen LogP contribution is -2.23. The molecule has 0 aliphatic heterocycles. The molecule has 0 aliphatic carbocycles. The molecule has 0 saturated heterocycles. The lowest BCUT2D eigenvalue weighted by Gasteiger charge is -2.13. The third kappa shape index (κ3) is 4.90. The van der Waals surface area contributed by atoms with E-state index in [4.69, 9.17) is 4.74 Å². The van der Waals surface area contributed by atoms with Gasteiger partial charge in [0.25, 0.3) is 15.5 Å². The molecule has 2 aromatic carbocycles. The third-order valence-corrected chi connectivity index (χ3v) is 5.08. The molecule has 0 bridgehead atoms. The van der Waals surface area contributed by atoms with E-state index in [-0.39, 0.29) is 22.7 Å². The number of anilines is 1. The van der Waals surface area contributed by atoms with Crippen molar-refractivity contribution in [3.8, 4) is 5.75 Å². The number of methoxy groups -OCH3 is 1. The summed E-state index contributed by atoms with van der Waals surface area (Å²) in [6.07, 6.45) is 2.04. The van der Waals surface area contributed by atoms with Crippen LogP contribution in [0.2, 0.25) is 0 Å². The summed E-state index contributed by atoms with van der Waals surface area (Å²) in [5, 5.41) is 13.2. The van der Waals surface area contributed by atoms with Gasteiger partial charge in [-0.25, -0.2) is 8.42 Å². The Bertz CT molecular complexity index is 1080. The highest BCUT2D eigenvalue weighted by atomic mass is 32.2. The van der Waals surface area contributed by atoms with Gasteiger partial charge in [0.2, 0.25) is 5.91 Å². The first-order chi connectivity index (χ1) is 13.5. The molecule has 0 fully saturated rings. The molecule has 0 heterocycles. The Balaban J connectivity index is 2.33. The second-order valence-corrected chi connectivity index (χ2v) is 7.39. The number of nitrogens with zero attached hydrogens (tertiary/aromatic N) is 1. The maximum atomic E-state index is 12.7. The number of para-hydroxylation sites is 1. The van der Waals surface area contributed by atoms with Crippen molar-refractivity contribution >= 4 is 33.2 Å². The lowest BCUT2D eigenvalue weighted by atomic mass is 10.1. The summed E-state index contributed by atoms with van der Waals surface area (Å²) in [5.41, 5.74) is -5.98. The molecule has 8 nitrogen and oxygen atoms in total. The van der Waals surface area contributed by atoms with Crippen LogP contribution >= 0.6 is 0 Å². The maximum Gasteiger partial charge on any atom is 0.501 e. The number of alkyl halides is 3. The van der Waals surface area contributed by atoms with Crippen LogP contribution in [0.5, 0.6) is 5.75 Å². The number of hydrogen-bond acceptors (Lipinski definition) is 6. The molecule has 0 saturated carbocycles. The monoisotopic (exact) mass is 430 g/mol. The van der Waals surface area contributed by atoms with Crippen molar-refractivity contribution in [3.63, 3.8) is 0 Å². The molecule has 0 radical (unpaired) electrons. The van der Waals surface area contributed by atoms with Gasteiger partial charge in [0.1, 0.15) is 5.75 Å². The first kappa shape index (κ1) is 21.9. The predicted molar refractivity (Wildman–Crippen MR) is 97.0 cm³/mol. The predicted octanol–water partition coefficient (Wildman–Crippen LogP) is 3.55. The van der Waals surface area contributed by atoms with E-state index in [1.54, 1.807) is 0 Å². The van der Waals surface area contributed by atoms with Crippen molar-refractivity contribution in [1.82, 2.24) is 0 Å². The Morgan fingerprint density at radius 2 is 1.86 bits per heavy atom. The Labute approximate surface area is 162 Å². The van der Waals surface area contributed by atoms with Gasteiger partial charge in [0.05, 0.1) is 28.2 Å². The van der Waals surface area contributed by atoms with Crippen molar-refractivity contribution in [3.05, 3.63) is 64.2 Å². The quantitative estimate of drug-likeness (QED) is 0.426. The van der Waals surface area contributed by atoms with Crippen LogP contribution in [-0.4, -0.2) is 31.9 Å². The van der Waals surface area contributed by atoms with Crippen molar-refractivity contribution in [1.29, 1.82) is 0 Å². The molecule has 0 aromatic heterocycles. The summed E-state index contributed by atoms with van der Waals surface area (Å²) < 4.78 is 66.2. The van der Waals surface area contributed by atoms with Crippen LogP contribution in [0.3, 0.4) is 0 Å². The first-order valence-electron chi connectivity index (χ1n) is 7.69. The number of nitro benzene ring substituents is 1. The molecule has 0 atom stereocenters. The Morgan fingerprint density at radius 3 is 2.45 bits per heavy atom. The summed E-state index contributed by atoms with van der Waals surface area (Å²) in [6.45, 7) is 0. The van der Waals surface area contributed by atoms with E-state index in [1.165, 1.54) is 31.4 Å². The van der Waals surface area contributed by atoms with E-state index in [9.17, 15) is 36.5 Å². The van der Waals surface area contributed by atoms with E-state index in [0.29, 0.717) is 12.1 Å². The second-order valence-electron chi connectivity index (χ2n) is 5.45. The molecule has 0 spiro atoms. The molecule has 2 rings (SSSR count). The van der Waals surface area contributed by atoms with E-state index in [2.05, 4.69) is 5.32 Å². The molecule has 29 heavy (non-hydrogen) atoms. The molecule has 1 N–H and O–H groups in total.